The normalized spacial score (nSPS) is 17.8. The molecule has 1 saturated heterocycles. The van der Waals surface area contributed by atoms with Crippen LogP contribution in [0.3, 0.4) is 0 Å². The zero-order chi connectivity index (χ0) is 14.4. The molecule has 20 heavy (non-hydrogen) atoms. The molecule has 0 aromatic heterocycles. The molecule has 0 bridgehead atoms. The van der Waals surface area contributed by atoms with Crippen molar-refractivity contribution >= 4 is 6.09 Å². The van der Waals surface area contributed by atoms with Crippen LogP contribution in [-0.4, -0.2) is 36.8 Å². The molecule has 0 atom stereocenters. The van der Waals surface area contributed by atoms with E-state index in [1.165, 1.54) is 0 Å². The molecule has 0 saturated carbocycles. The number of hydrogen-bond donors (Lipinski definition) is 0. The van der Waals surface area contributed by atoms with Crippen molar-refractivity contribution in [3.05, 3.63) is 35.9 Å². The first-order valence-electron chi connectivity index (χ1n) is 7.20. The van der Waals surface area contributed by atoms with Gasteiger partial charge in [0.15, 0.2) is 0 Å². The molecule has 0 radical (unpaired) electrons. The Hall–Kier alpha value is -1.55. The number of likely N-dealkylation sites (tertiary alicyclic amines) is 1. The summed E-state index contributed by atoms with van der Waals surface area (Å²) in [5, 5.41) is 0. The molecule has 0 unspecified atom stereocenters. The lowest BCUT2D eigenvalue weighted by molar-refractivity contribution is -0.0575. The van der Waals surface area contributed by atoms with Gasteiger partial charge in [0, 0.05) is 20.2 Å². The van der Waals surface area contributed by atoms with Gasteiger partial charge in [-0.3, -0.25) is 0 Å². The van der Waals surface area contributed by atoms with Gasteiger partial charge in [0.05, 0.1) is 5.60 Å². The van der Waals surface area contributed by atoms with Crippen molar-refractivity contribution in [2.24, 2.45) is 0 Å². The van der Waals surface area contributed by atoms with Crippen LogP contribution in [0.1, 0.15) is 31.7 Å². The Labute approximate surface area is 120 Å². The van der Waals surface area contributed by atoms with Gasteiger partial charge in [-0.05, 0) is 24.8 Å². The molecule has 2 rings (SSSR count). The van der Waals surface area contributed by atoms with Crippen LogP contribution in [0.25, 0.3) is 0 Å². The summed E-state index contributed by atoms with van der Waals surface area (Å²) in [7, 11) is 1.76. The van der Waals surface area contributed by atoms with E-state index in [4.69, 9.17) is 9.47 Å². The number of ether oxygens (including phenoxy) is 2. The third-order valence-electron chi connectivity index (χ3n) is 4.22. The Morgan fingerprint density at radius 1 is 1.25 bits per heavy atom. The van der Waals surface area contributed by atoms with Gasteiger partial charge < -0.3 is 14.4 Å². The quantitative estimate of drug-likeness (QED) is 0.848. The predicted octanol–water partition coefficient (Wildman–Crippen LogP) is 3.21. The molecule has 1 fully saturated rings. The van der Waals surface area contributed by atoms with Crippen molar-refractivity contribution in [1.29, 1.82) is 0 Å². The lowest BCUT2D eigenvalue weighted by Crippen LogP contribution is -2.47. The Kier molecular flexibility index (Phi) is 5.01. The highest BCUT2D eigenvalue weighted by molar-refractivity contribution is 5.67. The predicted molar refractivity (Wildman–Crippen MR) is 77.5 cm³/mol. The van der Waals surface area contributed by atoms with E-state index in [-0.39, 0.29) is 11.7 Å². The molecule has 0 spiro atoms. The van der Waals surface area contributed by atoms with E-state index in [1.807, 2.05) is 30.3 Å². The first-order valence-corrected chi connectivity index (χ1v) is 7.20. The van der Waals surface area contributed by atoms with Crippen LogP contribution in [0.4, 0.5) is 4.79 Å². The maximum Gasteiger partial charge on any atom is 0.410 e. The lowest BCUT2D eigenvalue weighted by atomic mass is 9.89. The lowest BCUT2D eigenvalue weighted by Gasteiger charge is -2.39. The van der Waals surface area contributed by atoms with Crippen LogP contribution in [0.2, 0.25) is 0 Å². The first kappa shape index (κ1) is 14.9. The molecule has 1 aliphatic heterocycles. The molecule has 0 N–H and O–H groups in total. The molecule has 1 aromatic rings. The summed E-state index contributed by atoms with van der Waals surface area (Å²) in [6.07, 6.45) is 2.51. The zero-order valence-electron chi connectivity index (χ0n) is 12.3. The number of rotatable bonds is 4. The molecule has 1 aromatic carbocycles. The monoisotopic (exact) mass is 277 g/mol. The fourth-order valence-corrected chi connectivity index (χ4v) is 2.61. The molecule has 4 heteroatoms. The van der Waals surface area contributed by atoms with Crippen molar-refractivity contribution in [3.8, 4) is 0 Å². The highest BCUT2D eigenvalue weighted by Gasteiger charge is 2.34. The number of hydrogen-bond acceptors (Lipinski definition) is 3. The maximum atomic E-state index is 12.0. The summed E-state index contributed by atoms with van der Waals surface area (Å²) in [6, 6.07) is 9.74. The summed E-state index contributed by atoms with van der Waals surface area (Å²) in [6.45, 7) is 3.87. The Balaban J connectivity index is 1.80. The summed E-state index contributed by atoms with van der Waals surface area (Å²) in [5.74, 6) is 0. The van der Waals surface area contributed by atoms with E-state index in [0.29, 0.717) is 19.7 Å². The number of nitrogens with zero attached hydrogens (tertiary/aromatic N) is 1. The van der Waals surface area contributed by atoms with E-state index in [1.54, 1.807) is 12.0 Å². The van der Waals surface area contributed by atoms with Crippen molar-refractivity contribution in [1.82, 2.24) is 4.90 Å². The van der Waals surface area contributed by atoms with Gasteiger partial charge in [0.25, 0.3) is 0 Å². The molecular weight excluding hydrogens is 254 g/mol. The van der Waals surface area contributed by atoms with Crippen molar-refractivity contribution in [3.63, 3.8) is 0 Å². The molecule has 1 heterocycles. The van der Waals surface area contributed by atoms with Crippen LogP contribution >= 0.6 is 0 Å². The van der Waals surface area contributed by atoms with E-state index in [2.05, 4.69) is 6.92 Å². The zero-order valence-corrected chi connectivity index (χ0v) is 12.3. The highest BCUT2D eigenvalue weighted by atomic mass is 16.6. The third kappa shape index (κ3) is 3.51. The standard InChI is InChI=1S/C16H23NO3/c1-3-16(19-2)9-11-17(12-10-16)15(18)20-13-14-7-5-4-6-8-14/h4-8H,3,9-13H2,1-2H3. The third-order valence-corrected chi connectivity index (χ3v) is 4.22. The van der Waals surface area contributed by atoms with Gasteiger partial charge >= 0.3 is 6.09 Å². The minimum absolute atomic E-state index is 0.0593. The van der Waals surface area contributed by atoms with Gasteiger partial charge in [-0.2, -0.15) is 0 Å². The molecule has 110 valence electrons. The second kappa shape index (κ2) is 6.75. The van der Waals surface area contributed by atoms with E-state index < -0.39 is 0 Å². The average molecular weight is 277 g/mol. The molecule has 1 aliphatic rings. The van der Waals surface area contributed by atoms with Crippen molar-refractivity contribution < 1.29 is 14.3 Å². The average Bonchev–Trinajstić information content (AvgIpc) is 2.53. The SMILES string of the molecule is CCC1(OC)CCN(C(=O)OCc2ccccc2)CC1. The smallest absolute Gasteiger partial charge is 0.410 e. The summed E-state index contributed by atoms with van der Waals surface area (Å²) >= 11 is 0. The fraction of sp³-hybridized carbons (Fsp3) is 0.562. The second-order valence-corrected chi connectivity index (χ2v) is 5.27. The summed E-state index contributed by atoms with van der Waals surface area (Å²) in [5.41, 5.74) is 0.952. The molecule has 0 aliphatic carbocycles. The maximum absolute atomic E-state index is 12.0. The second-order valence-electron chi connectivity index (χ2n) is 5.27. The minimum atomic E-state index is -0.227. The number of benzene rings is 1. The van der Waals surface area contributed by atoms with Gasteiger partial charge in [-0.1, -0.05) is 37.3 Å². The molecule has 1 amide bonds. The van der Waals surface area contributed by atoms with Crippen molar-refractivity contribution in [2.45, 2.75) is 38.4 Å². The number of amides is 1. The van der Waals surface area contributed by atoms with Gasteiger partial charge in [0.1, 0.15) is 6.61 Å². The number of methoxy groups -OCH3 is 1. The van der Waals surface area contributed by atoms with E-state index in [9.17, 15) is 4.79 Å². The Morgan fingerprint density at radius 2 is 1.90 bits per heavy atom. The van der Waals surface area contributed by atoms with Gasteiger partial charge in [-0.25, -0.2) is 4.79 Å². The van der Waals surface area contributed by atoms with Crippen molar-refractivity contribution in [2.75, 3.05) is 20.2 Å². The summed E-state index contributed by atoms with van der Waals surface area (Å²) < 4.78 is 11.0. The van der Waals surface area contributed by atoms with Crippen LogP contribution in [0, 0.1) is 0 Å². The summed E-state index contributed by atoms with van der Waals surface area (Å²) in [4.78, 5) is 13.8. The minimum Gasteiger partial charge on any atom is -0.445 e. The molecular formula is C16H23NO3. The van der Waals surface area contributed by atoms with Gasteiger partial charge in [0.2, 0.25) is 0 Å². The number of carbonyl (C=O) groups is 1. The van der Waals surface area contributed by atoms with Gasteiger partial charge in [-0.15, -0.1) is 0 Å². The van der Waals surface area contributed by atoms with Crippen LogP contribution in [-0.2, 0) is 16.1 Å². The molecule has 4 nitrogen and oxygen atoms in total. The number of carbonyl (C=O) groups excluding carboxylic acids is 1. The topological polar surface area (TPSA) is 38.8 Å². The number of piperidine rings is 1. The Morgan fingerprint density at radius 3 is 2.45 bits per heavy atom. The Bertz CT molecular complexity index is 419. The van der Waals surface area contributed by atoms with E-state index in [0.717, 1.165) is 24.8 Å². The largest absolute Gasteiger partial charge is 0.445 e. The van der Waals surface area contributed by atoms with Crippen LogP contribution in [0.5, 0.6) is 0 Å². The highest BCUT2D eigenvalue weighted by Crippen LogP contribution is 2.29. The fourth-order valence-electron chi connectivity index (χ4n) is 2.61. The van der Waals surface area contributed by atoms with Crippen LogP contribution in [0.15, 0.2) is 30.3 Å². The van der Waals surface area contributed by atoms with E-state index >= 15 is 0 Å². The van der Waals surface area contributed by atoms with Crippen LogP contribution < -0.4 is 0 Å². The first-order chi connectivity index (χ1) is 9.69.